The van der Waals surface area contributed by atoms with Gasteiger partial charge in [-0.3, -0.25) is 0 Å². The number of aryl methyl sites for hydroxylation is 1. The van der Waals surface area contributed by atoms with E-state index in [-0.39, 0.29) is 11.5 Å². The van der Waals surface area contributed by atoms with Crippen molar-refractivity contribution in [1.82, 2.24) is 14.8 Å². The van der Waals surface area contributed by atoms with Crippen LogP contribution < -0.4 is 0 Å². The molecule has 1 aromatic carbocycles. The van der Waals surface area contributed by atoms with Gasteiger partial charge < -0.3 is 5.11 Å². The lowest BCUT2D eigenvalue weighted by molar-refractivity contribution is 0.0698. The first-order valence-electron chi connectivity index (χ1n) is 7.28. The van der Waals surface area contributed by atoms with E-state index in [9.17, 15) is 9.90 Å². The van der Waals surface area contributed by atoms with Crippen LogP contribution in [-0.2, 0) is 0 Å². The number of carboxylic acids is 1. The number of pyridine rings is 1. The quantitative estimate of drug-likeness (QED) is 0.781. The Morgan fingerprint density at radius 3 is 2.65 bits per heavy atom. The van der Waals surface area contributed by atoms with Gasteiger partial charge in [-0.1, -0.05) is 31.5 Å². The average molecular weight is 330 g/mol. The Kier molecular flexibility index (Phi) is 3.82. The zero-order valence-electron chi connectivity index (χ0n) is 13.0. The van der Waals surface area contributed by atoms with Crippen LogP contribution in [0.4, 0.5) is 0 Å². The van der Waals surface area contributed by atoms with Crippen LogP contribution in [0.3, 0.4) is 0 Å². The molecule has 0 spiro atoms. The molecule has 0 radical (unpaired) electrons. The molecular formula is C17H16ClN3O2. The average Bonchev–Trinajstić information content (AvgIpc) is 2.85. The van der Waals surface area contributed by atoms with Crippen molar-refractivity contribution in [2.45, 2.75) is 26.7 Å². The number of nitrogens with zero attached hydrogens (tertiary/aromatic N) is 3. The number of hydrogen-bond donors (Lipinski definition) is 1. The second-order valence-corrected chi connectivity index (χ2v) is 6.18. The number of carbonyl (C=O) groups is 1. The number of fused-ring (bicyclic) bond motifs is 1. The number of halogens is 1. The molecule has 3 rings (SSSR count). The first-order chi connectivity index (χ1) is 10.9. The number of hydrogen-bond acceptors (Lipinski definition) is 3. The Balaban J connectivity index is 2.43. The minimum Gasteiger partial charge on any atom is -0.478 e. The van der Waals surface area contributed by atoms with E-state index in [1.807, 2.05) is 26.0 Å². The van der Waals surface area contributed by atoms with E-state index in [0.29, 0.717) is 27.4 Å². The van der Waals surface area contributed by atoms with Gasteiger partial charge in [-0.05, 0) is 37.1 Å². The number of rotatable bonds is 3. The van der Waals surface area contributed by atoms with Crippen molar-refractivity contribution in [2.24, 2.45) is 0 Å². The van der Waals surface area contributed by atoms with E-state index in [2.05, 4.69) is 10.1 Å². The van der Waals surface area contributed by atoms with Crippen molar-refractivity contribution in [2.75, 3.05) is 0 Å². The smallest absolute Gasteiger partial charge is 0.336 e. The van der Waals surface area contributed by atoms with Crippen molar-refractivity contribution in [3.05, 3.63) is 52.3 Å². The van der Waals surface area contributed by atoms with Crippen LogP contribution in [0.5, 0.6) is 0 Å². The summed E-state index contributed by atoms with van der Waals surface area (Å²) in [5, 5.41) is 15.3. The first kappa shape index (κ1) is 15.5. The molecule has 0 aliphatic carbocycles. The first-order valence-corrected chi connectivity index (χ1v) is 7.65. The molecule has 0 amide bonds. The molecule has 0 bridgehead atoms. The molecule has 0 aliphatic heterocycles. The summed E-state index contributed by atoms with van der Waals surface area (Å²) in [6, 6.07) is 8.84. The molecule has 0 saturated heterocycles. The zero-order valence-corrected chi connectivity index (χ0v) is 13.8. The lowest BCUT2D eigenvalue weighted by Gasteiger charge is -2.05. The molecule has 0 unspecified atom stereocenters. The highest BCUT2D eigenvalue weighted by atomic mass is 35.5. The molecule has 3 aromatic rings. The van der Waals surface area contributed by atoms with Gasteiger partial charge in [0.15, 0.2) is 5.65 Å². The maximum atomic E-state index is 11.7. The third-order valence-electron chi connectivity index (χ3n) is 3.62. The van der Waals surface area contributed by atoms with Gasteiger partial charge in [0.25, 0.3) is 0 Å². The molecule has 5 nitrogen and oxygen atoms in total. The van der Waals surface area contributed by atoms with E-state index in [4.69, 9.17) is 11.6 Å². The van der Waals surface area contributed by atoms with Crippen LogP contribution in [0.25, 0.3) is 16.7 Å². The summed E-state index contributed by atoms with van der Waals surface area (Å²) in [6.45, 7) is 5.74. The molecular weight excluding hydrogens is 314 g/mol. The number of aromatic nitrogens is 3. The summed E-state index contributed by atoms with van der Waals surface area (Å²) in [4.78, 5) is 16.2. The van der Waals surface area contributed by atoms with Crippen molar-refractivity contribution >= 4 is 28.6 Å². The van der Waals surface area contributed by atoms with E-state index in [0.717, 1.165) is 5.69 Å². The van der Waals surface area contributed by atoms with Crippen LogP contribution in [0.15, 0.2) is 30.3 Å². The van der Waals surface area contributed by atoms with Crippen molar-refractivity contribution in [3.63, 3.8) is 0 Å². The highest BCUT2D eigenvalue weighted by Gasteiger charge is 2.22. The summed E-state index contributed by atoms with van der Waals surface area (Å²) >= 11 is 6.07. The van der Waals surface area contributed by atoms with Gasteiger partial charge in [-0.25, -0.2) is 14.5 Å². The summed E-state index contributed by atoms with van der Waals surface area (Å²) in [6.07, 6.45) is 0. The molecule has 1 N–H and O–H groups in total. The largest absolute Gasteiger partial charge is 0.478 e. The Morgan fingerprint density at radius 2 is 2.04 bits per heavy atom. The third kappa shape index (κ3) is 2.68. The fourth-order valence-corrected chi connectivity index (χ4v) is 2.81. The SMILES string of the molecule is Cc1cc(C(=O)O)c2c(C(C)C)nn(-c3cccc(Cl)c3)c2n1. The molecule has 0 atom stereocenters. The van der Waals surface area contributed by atoms with Crippen molar-refractivity contribution in [3.8, 4) is 5.69 Å². The highest BCUT2D eigenvalue weighted by molar-refractivity contribution is 6.30. The van der Waals surface area contributed by atoms with Gasteiger partial charge in [0.2, 0.25) is 0 Å². The van der Waals surface area contributed by atoms with Gasteiger partial charge >= 0.3 is 5.97 Å². The molecule has 0 saturated carbocycles. The maximum Gasteiger partial charge on any atom is 0.336 e. The summed E-state index contributed by atoms with van der Waals surface area (Å²) in [7, 11) is 0. The number of carboxylic acid groups (broad SMARTS) is 1. The van der Waals surface area contributed by atoms with Gasteiger partial charge in [0, 0.05) is 10.7 Å². The molecule has 0 aliphatic rings. The van der Waals surface area contributed by atoms with Gasteiger partial charge in [-0.2, -0.15) is 5.10 Å². The lowest BCUT2D eigenvalue weighted by Crippen LogP contribution is -2.02. The minimum absolute atomic E-state index is 0.0699. The Labute approximate surface area is 138 Å². The second kappa shape index (κ2) is 5.66. The van der Waals surface area contributed by atoms with Crippen LogP contribution >= 0.6 is 11.6 Å². The van der Waals surface area contributed by atoms with E-state index < -0.39 is 5.97 Å². The Hall–Kier alpha value is -2.40. The summed E-state index contributed by atoms with van der Waals surface area (Å²) < 4.78 is 1.66. The molecule has 118 valence electrons. The fraction of sp³-hybridized carbons (Fsp3) is 0.235. The predicted octanol–water partition coefficient (Wildman–Crippen LogP) is 4.20. The Morgan fingerprint density at radius 1 is 1.30 bits per heavy atom. The molecule has 2 aromatic heterocycles. The lowest BCUT2D eigenvalue weighted by atomic mass is 10.0. The van der Waals surface area contributed by atoms with Gasteiger partial charge in [0.1, 0.15) is 0 Å². The third-order valence-corrected chi connectivity index (χ3v) is 3.86. The zero-order chi connectivity index (χ0) is 16.7. The highest BCUT2D eigenvalue weighted by Crippen LogP contribution is 2.30. The number of aromatic carboxylic acids is 1. The van der Waals surface area contributed by atoms with Crippen molar-refractivity contribution in [1.29, 1.82) is 0 Å². The molecule has 2 heterocycles. The van der Waals surface area contributed by atoms with E-state index in [1.165, 1.54) is 0 Å². The monoisotopic (exact) mass is 329 g/mol. The van der Waals surface area contributed by atoms with Crippen LogP contribution in [0.1, 0.15) is 41.5 Å². The topological polar surface area (TPSA) is 68.0 Å². The minimum atomic E-state index is -0.979. The second-order valence-electron chi connectivity index (χ2n) is 5.75. The molecule has 0 fully saturated rings. The summed E-state index contributed by atoms with van der Waals surface area (Å²) in [5.74, 6) is -0.909. The normalized spacial score (nSPS) is 11.3. The number of benzene rings is 1. The van der Waals surface area contributed by atoms with Gasteiger partial charge in [-0.15, -0.1) is 0 Å². The Bertz CT molecular complexity index is 916. The molecule has 23 heavy (non-hydrogen) atoms. The van der Waals surface area contributed by atoms with Crippen LogP contribution in [0, 0.1) is 6.92 Å². The standard InChI is InChI=1S/C17H16ClN3O2/c1-9(2)15-14-13(17(22)23)7-10(3)19-16(14)21(20-15)12-6-4-5-11(18)8-12/h4-9H,1-3H3,(H,22,23). The van der Waals surface area contributed by atoms with Crippen LogP contribution in [0.2, 0.25) is 5.02 Å². The van der Waals surface area contributed by atoms with E-state index >= 15 is 0 Å². The van der Waals surface area contributed by atoms with Crippen LogP contribution in [-0.4, -0.2) is 25.8 Å². The van der Waals surface area contributed by atoms with E-state index in [1.54, 1.807) is 29.8 Å². The molecule has 6 heteroatoms. The predicted molar refractivity (Wildman–Crippen MR) is 89.7 cm³/mol. The fourth-order valence-electron chi connectivity index (χ4n) is 2.63. The van der Waals surface area contributed by atoms with Crippen molar-refractivity contribution < 1.29 is 9.90 Å². The summed E-state index contributed by atoms with van der Waals surface area (Å²) in [5.41, 5.74) is 2.86. The van der Waals surface area contributed by atoms with Gasteiger partial charge in [0.05, 0.1) is 22.3 Å². The maximum absolute atomic E-state index is 11.7.